The fraction of sp³-hybridized carbons (Fsp3) is 0.462. The Morgan fingerprint density at radius 3 is 2.78 bits per heavy atom. The van der Waals surface area contributed by atoms with E-state index >= 15 is 0 Å². The Kier molecular flexibility index (Phi) is 6.14. The number of para-hydroxylation sites is 1. The quantitative estimate of drug-likeness (QED) is 0.722. The van der Waals surface area contributed by atoms with Gasteiger partial charge in [-0.1, -0.05) is 12.1 Å². The van der Waals surface area contributed by atoms with Gasteiger partial charge < -0.3 is 14.7 Å². The highest BCUT2D eigenvalue weighted by Crippen LogP contribution is 2.15. The summed E-state index contributed by atoms with van der Waals surface area (Å²) in [5.74, 6) is -0.910. The first kappa shape index (κ1) is 14.4. The molecule has 0 bridgehead atoms. The highest BCUT2D eigenvalue weighted by Gasteiger charge is 2.04. The lowest BCUT2D eigenvalue weighted by atomic mass is 10.3. The second-order valence-corrected chi connectivity index (χ2v) is 4.08. The standard InChI is InChI=1S/C13H18FNO3/c1-15(9-7-13(16)17)8-4-10-18-12-6-3-2-5-11(12)14/h2-3,5-6H,4,7-10H2,1H3,(H,16,17). The molecule has 0 aliphatic carbocycles. The Hall–Kier alpha value is -1.62. The molecule has 1 rings (SSSR count). The molecule has 1 N–H and O–H groups in total. The Balaban J connectivity index is 2.15. The van der Waals surface area contributed by atoms with E-state index < -0.39 is 5.97 Å². The maximum Gasteiger partial charge on any atom is 0.304 e. The van der Waals surface area contributed by atoms with Crippen molar-refractivity contribution in [2.45, 2.75) is 12.8 Å². The predicted molar refractivity (Wildman–Crippen MR) is 66.3 cm³/mol. The Morgan fingerprint density at radius 1 is 1.39 bits per heavy atom. The van der Waals surface area contributed by atoms with E-state index in [1.807, 2.05) is 11.9 Å². The maximum absolute atomic E-state index is 13.2. The number of ether oxygens (including phenoxy) is 1. The summed E-state index contributed by atoms with van der Waals surface area (Å²) < 4.78 is 18.5. The van der Waals surface area contributed by atoms with Crippen molar-refractivity contribution in [3.8, 4) is 5.75 Å². The average molecular weight is 255 g/mol. The summed E-state index contributed by atoms with van der Waals surface area (Å²) in [5.41, 5.74) is 0. The van der Waals surface area contributed by atoms with Crippen LogP contribution in [0.15, 0.2) is 24.3 Å². The van der Waals surface area contributed by atoms with Crippen LogP contribution in [0.25, 0.3) is 0 Å². The molecule has 4 nitrogen and oxygen atoms in total. The zero-order chi connectivity index (χ0) is 13.4. The third-order valence-electron chi connectivity index (χ3n) is 2.49. The fourth-order valence-electron chi connectivity index (χ4n) is 1.48. The van der Waals surface area contributed by atoms with Crippen molar-refractivity contribution in [1.29, 1.82) is 0 Å². The van der Waals surface area contributed by atoms with Gasteiger partial charge in [0.05, 0.1) is 13.0 Å². The number of benzene rings is 1. The monoisotopic (exact) mass is 255 g/mol. The molecule has 0 saturated heterocycles. The lowest BCUT2D eigenvalue weighted by molar-refractivity contribution is -0.137. The second kappa shape index (κ2) is 7.66. The zero-order valence-electron chi connectivity index (χ0n) is 10.4. The normalized spacial score (nSPS) is 10.6. The van der Waals surface area contributed by atoms with Crippen molar-refractivity contribution in [1.82, 2.24) is 4.90 Å². The van der Waals surface area contributed by atoms with Crippen LogP contribution in [0.2, 0.25) is 0 Å². The van der Waals surface area contributed by atoms with E-state index in [1.165, 1.54) is 6.07 Å². The average Bonchev–Trinajstić information content (AvgIpc) is 2.34. The predicted octanol–water partition coefficient (Wildman–Crippen LogP) is 2.00. The molecule has 0 fully saturated rings. The van der Waals surface area contributed by atoms with Crippen LogP contribution in [0.4, 0.5) is 4.39 Å². The van der Waals surface area contributed by atoms with Gasteiger partial charge in [-0.2, -0.15) is 0 Å². The minimum atomic E-state index is -0.801. The number of hydrogen-bond donors (Lipinski definition) is 1. The number of carbonyl (C=O) groups is 1. The second-order valence-electron chi connectivity index (χ2n) is 4.08. The number of carboxylic acids is 1. The third kappa shape index (κ3) is 5.63. The van der Waals surface area contributed by atoms with E-state index in [2.05, 4.69) is 0 Å². The number of aliphatic carboxylic acids is 1. The van der Waals surface area contributed by atoms with Crippen molar-refractivity contribution >= 4 is 5.97 Å². The third-order valence-corrected chi connectivity index (χ3v) is 2.49. The Morgan fingerprint density at radius 2 is 2.11 bits per heavy atom. The number of halogens is 1. The summed E-state index contributed by atoms with van der Waals surface area (Å²) in [7, 11) is 1.85. The van der Waals surface area contributed by atoms with Crippen molar-refractivity contribution in [2.24, 2.45) is 0 Å². The van der Waals surface area contributed by atoms with Gasteiger partial charge in [-0.15, -0.1) is 0 Å². The molecule has 1 aromatic rings. The lowest BCUT2D eigenvalue weighted by Gasteiger charge is -2.15. The Labute approximate surface area is 106 Å². The van der Waals surface area contributed by atoms with Gasteiger partial charge in [0.25, 0.3) is 0 Å². The molecular weight excluding hydrogens is 237 g/mol. The lowest BCUT2D eigenvalue weighted by Crippen LogP contribution is -2.24. The van der Waals surface area contributed by atoms with E-state index in [0.29, 0.717) is 13.2 Å². The van der Waals surface area contributed by atoms with Gasteiger partial charge in [0, 0.05) is 13.1 Å². The fourth-order valence-corrected chi connectivity index (χ4v) is 1.48. The van der Waals surface area contributed by atoms with E-state index in [0.717, 1.165) is 13.0 Å². The van der Waals surface area contributed by atoms with Crippen molar-refractivity contribution in [3.05, 3.63) is 30.1 Å². The van der Waals surface area contributed by atoms with E-state index in [1.54, 1.807) is 18.2 Å². The smallest absolute Gasteiger partial charge is 0.304 e. The van der Waals surface area contributed by atoms with Gasteiger partial charge in [0.2, 0.25) is 0 Å². The van der Waals surface area contributed by atoms with Crippen molar-refractivity contribution in [3.63, 3.8) is 0 Å². The molecule has 100 valence electrons. The van der Waals surface area contributed by atoms with Gasteiger partial charge in [-0.25, -0.2) is 4.39 Å². The minimum Gasteiger partial charge on any atom is -0.490 e. The zero-order valence-corrected chi connectivity index (χ0v) is 10.4. The molecule has 0 heterocycles. The van der Waals surface area contributed by atoms with Gasteiger partial charge in [-0.3, -0.25) is 4.79 Å². The molecule has 0 aromatic heterocycles. The van der Waals surface area contributed by atoms with Crippen LogP contribution in [0.5, 0.6) is 5.75 Å². The van der Waals surface area contributed by atoms with Crippen LogP contribution in [0.1, 0.15) is 12.8 Å². The SMILES string of the molecule is CN(CCCOc1ccccc1F)CCC(=O)O. The van der Waals surface area contributed by atoms with Gasteiger partial charge in [-0.05, 0) is 25.6 Å². The van der Waals surface area contributed by atoms with E-state index in [4.69, 9.17) is 9.84 Å². The number of rotatable bonds is 8. The first-order valence-electron chi connectivity index (χ1n) is 5.87. The van der Waals surface area contributed by atoms with E-state index in [9.17, 15) is 9.18 Å². The van der Waals surface area contributed by atoms with Crippen molar-refractivity contribution in [2.75, 3.05) is 26.7 Å². The summed E-state index contributed by atoms with van der Waals surface area (Å²) in [4.78, 5) is 12.3. The molecule has 0 spiro atoms. The molecule has 0 unspecified atom stereocenters. The van der Waals surface area contributed by atoms with Crippen LogP contribution in [-0.2, 0) is 4.79 Å². The molecule has 0 radical (unpaired) electrons. The number of nitrogens with zero attached hydrogens (tertiary/aromatic N) is 1. The van der Waals surface area contributed by atoms with Crippen LogP contribution in [0.3, 0.4) is 0 Å². The summed E-state index contributed by atoms with van der Waals surface area (Å²) in [6.45, 7) is 1.65. The number of hydrogen-bond acceptors (Lipinski definition) is 3. The largest absolute Gasteiger partial charge is 0.490 e. The topological polar surface area (TPSA) is 49.8 Å². The Bertz CT molecular complexity index is 384. The van der Waals surface area contributed by atoms with E-state index in [-0.39, 0.29) is 18.0 Å². The summed E-state index contributed by atoms with van der Waals surface area (Å²) in [5, 5.41) is 8.52. The highest BCUT2D eigenvalue weighted by molar-refractivity contribution is 5.66. The number of carboxylic acid groups (broad SMARTS) is 1. The summed E-state index contributed by atoms with van der Waals surface area (Å²) in [6.07, 6.45) is 0.856. The van der Waals surface area contributed by atoms with Gasteiger partial charge in [0.15, 0.2) is 11.6 Å². The first-order chi connectivity index (χ1) is 8.59. The molecule has 0 atom stereocenters. The van der Waals surface area contributed by atoms with Crippen LogP contribution in [0, 0.1) is 5.82 Å². The molecule has 0 amide bonds. The molecule has 0 aliphatic heterocycles. The van der Waals surface area contributed by atoms with Crippen LogP contribution in [-0.4, -0.2) is 42.7 Å². The van der Waals surface area contributed by atoms with Gasteiger partial charge in [0.1, 0.15) is 0 Å². The van der Waals surface area contributed by atoms with Crippen LogP contribution < -0.4 is 4.74 Å². The maximum atomic E-state index is 13.2. The molecule has 5 heteroatoms. The summed E-state index contributed by atoms with van der Waals surface area (Å²) >= 11 is 0. The highest BCUT2D eigenvalue weighted by atomic mass is 19.1. The molecular formula is C13H18FNO3. The first-order valence-corrected chi connectivity index (χ1v) is 5.87. The molecule has 1 aromatic carbocycles. The minimum absolute atomic E-state index is 0.130. The molecule has 18 heavy (non-hydrogen) atoms. The van der Waals surface area contributed by atoms with Gasteiger partial charge >= 0.3 is 5.97 Å². The van der Waals surface area contributed by atoms with Crippen molar-refractivity contribution < 1.29 is 19.0 Å². The molecule has 0 saturated carbocycles. The summed E-state index contributed by atoms with van der Waals surface area (Å²) in [6, 6.07) is 6.27. The molecule has 0 aliphatic rings. The van der Waals surface area contributed by atoms with Crippen LogP contribution >= 0.6 is 0 Å².